The smallest absolute Gasteiger partial charge is 0.230 e. The lowest BCUT2D eigenvalue weighted by Gasteiger charge is -2.27. The minimum absolute atomic E-state index is 0.0216. The summed E-state index contributed by atoms with van der Waals surface area (Å²) in [6, 6.07) is 2.39. The van der Waals surface area contributed by atoms with Gasteiger partial charge in [-0.05, 0) is 62.5 Å². The lowest BCUT2D eigenvalue weighted by molar-refractivity contribution is -0.119. The molecule has 0 unspecified atom stereocenters. The highest BCUT2D eigenvalue weighted by molar-refractivity contribution is 8.00. The Kier molecular flexibility index (Phi) is 6.38. The topological polar surface area (TPSA) is 78.2 Å². The summed E-state index contributed by atoms with van der Waals surface area (Å²) >= 11 is 1.39. The minimum atomic E-state index is -0.0216. The third-order valence-electron chi connectivity index (χ3n) is 5.87. The standard InChI is InChI=1S/C21H28N4O2S/c22-12-18-16-7-1-2-8-17(16)20(25-9-3-4-10-25)24-21(18)28-14-19(26)23-13-15-6-5-11-27-15/h15H,1-11,13-14H2,(H,23,26)/t15-/m1/s1. The van der Waals surface area contributed by atoms with Gasteiger partial charge in [0.15, 0.2) is 0 Å². The van der Waals surface area contributed by atoms with Crippen molar-refractivity contribution in [2.45, 2.75) is 62.5 Å². The van der Waals surface area contributed by atoms with Crippen molar-refractivity contribution in [1.29, 1.82) is 5.26 Å². The van der Waals surface area contributed by atoms with Gasteiger partial charge in [0.2, 0.25) is 5.91 Å². The fourth-order valence-corrected chi connectivity index (χ4v) is 5.24. The molecule has 0 aromatic carbocycles. The molecule has 3 aliphatic rings. The van der Waals surface area contributed by atoms with E-state index in [9.17, 15) is 10.1 Å². The van der Waals surface area contributed by atoms with Crippen LogP contribution in [0.1, 0.15) is 55.2 Å². The van der Waals surface area contributed by atoms with Crippen molar-refractivity contribution in [3.05, 3.63) is 16.7 Å². The number of anilines is 1. The summed E-state index contributed by atoms with van der Waals surface area (Å²) in [4.78, 5) is 19.6. The Balaban J connectivity index is 1.49. The first-order chi connectivity index (χ1) is 13.8. The molecule has 1 N–H and O–H groups in total. The summed E-state index contributed by atoms with van der Waals surface area (Å²) in [5.41, 5.74) is 3.14. The Hall–Kier alpha value is -1.78. The second kappa shape index (κ2) is 9.15. The van der Waals surface area contributed by atoms with Crippen molar-refractivity contribution in [2.75, 3.05) is 36.9 Å². The highest BCUT2D eigenvalue weighted by Gasteiger charge is 2.26. The number of nitrogens with zero attached hydrogens (tertiary/aromatic N) is 3. The van der Waals surface area contributed by atoms with E-state index >= 15 is 0 Å². The van der Waals surface area contributed by atoms with E-state index in [1.54, 1.807) is 0 Å². The maximum absolute atomic E-state index is 12.3. The minimum Gasteiger partial charge on any atom is -0.376 e. The zero-order chi connectivity index (χ0) is 19.3. The van der Waals surface area contributed by atoms with Gasteiger partial charge in [0.1, 0.15) is 16.9 Å². The average molecular weight is 401 g/mol. The molecular weight excluding hydrogens is 372 g/mol. The van der Waals surface area contributed by atoms with Gasteiger partial charge in [-0.25, -0.2) is 4.98 Å². The highest BCUT2D eigenvalue weighted by Crippen LogP contribution is 2.37. The van der Waals surface area contributed by atoms with Crippen LogP contribution in [-0.4, -0.2) is 49.0 Å². The second-order valence-electron chi connectivity index (χ2n) is 7.81. The Morgan fingerprint density at radius 1 is 1.21 bits per heavy atom. The van der Waals surface area contributed by atoms with Crippen LogP contribution in [0.2, 0.25) is 0 Å². The van der Waals surface area contributed by atoms with E-state index in [0.29, 0.717) is 12.1 Å². The first kappa shape index (κ1) is 19.5. The fraction of sp³-hybridized carbons (Fsp3) is 0.667. The maximum Gasteiger partial charge on any atom is 0.230 e. The number of nitrogens with one attached hydrogen (secondary N) is 1. The van der Waals surface area contributed by atoms with Crippen LogP contribution in [0.4, 0.5) is 5.82 Å². The molecule has 1 aromatic rings. The molecule has 1 aromatic heterocycles. The van der Waals surface area contributed by atoms with Crippen LogP contribution in [0, 0.1) is 11.3 Å². The zero-order valence-electron chi connectivity index (χ0n) is 16.3. The third kappa shape index (κ3) is 4.28. The van der Waals surface area contributed by atoms with Gasteiger partial charge in [-0.1, -0.05) is 11.8 Å². The molecule has 2 aliphatic heterocycles. The van der Waals surface area contributed by atoms with E-state index in [-0.39, 0.29) is 17.8 Å². The van der Waals surface area contributed by atoms with Crippen molar-refractivity contribution in [3.8, 4) is 6.07 Å². The van der Waals surface area contributed by atoms with Crippen LogP contribution in [0.25, 0.3) is 0 Å². The molecule has 0 radical (unpaired) electrons. The average Bonchev–Trinajstić information content (AvgIpc) is 3.44. The highest BCUT2D eigenvalue weighted by atomic mass is 32.2. The maximum atomic E-state index is 12.3. The van der Waals surface area contributed by atoms with E-state index in [1.165, 1.54) is 42.2 Å². The number of nitriles is 1. The van der Waals surface area contributed by atoms with Gasteiger partial charge in [-0.2, -0.15) is 5.26 Å². The molecule has 0 saturated carbocycles. The van der Waals surface area contributed by atoms with Gasteiger partial charge < -0.3 is 15.0 Å². The first-order valence-electron chi connectivity index (χ1n) is 10.5. The molecule has 3 heterocycles. The third-order valence-corrected chi connectivity index (χ3v) is 6.84. The van der Waals surface area contributed by atoms with E-state index < -0.39 is 0 Å². The summed E-state index contributed by atoms with van der Waals surface area (Å²) in [5.74, 6) is 1.33. The molecule has 1 aliphatic carbocycles. The number of hydrogen-bond acceptors (Lipinski definition) is 6. The zero-order valence-corrected chi connectivity index (χ0v) is 17.2. The lowest BCUT2D eigenvalue weighted by atomic mass is 9.89. The molecule has 4 rings (SSSR count). The number of thioether (sulfide) groups is 1. The number of hydrogen-bond donors (Lipinski definition) is 1. The fourth-order valence-electron chi connectivity index (χ4n) is 4.40. The van der Waals surface area contributed by atoms with Crippen molar-refractivity contribution in [1.82, 2.24) is 10.3 Å². The molecule has 150 valence electrons. The number of amides is 1. The number of pyridine rings is 1. The van der Waals surface area contributed by atoms with E-state index in [1.807, 2.05) is 0 Å². The van der Waals surface area contributed by atoms with Gasteiger partial charge in [-0.3, -0.25) is 4.79 Å². The molecule has 0 spiro atoms. The molecule has 28 heavy (non-hydrogen) atoms. The molecular formula is C21H28N4O2S. The number of rotatable bonds is 6. The quantitative estimate of drug-likeness (QED) is 0.740. The molecule has 2 fully saturated rings. The molecule has 7 heteroatoms. The largest absolute Gasteiger partial charge is 0.376 e. The van der Waals surface area contributed by atoms with E-state index in [0.717, 1.165) is 62.6 Å². The Morgan fingerprint density at radius 2 is 2.00 bits per heavy atom. The lowest BCUT2D eigenvalue weighted by Crippen LogP contribution is -2.33. The van der Waals surface area contributed by atoms with Gasteiger partial charge >= 0.3 is 0 Å². The number of carbonyl (C=O) groups excluding carboxylic acids is 1. The first-order valence-corrected chi connectivity index (χ1v) is 11.5. The Labute approximate surface area is 171 Å². The predicted molar refractivity (Wildman–Crippen MR) is 110 cm³/mol. The summed E-state index contributed by atoms with van der Waals surface area (Å²) in [6.07, 6.45) is 8.87. The van der Waals surface area contributed by atoms with Crippen LogP contribution in [0.3, 0.4) is 0 Å². The van der Waals surface area contributed by atoms with E-state index in [2.05, 4.69) is 16.3 Å². The van der Waals surface area contributed by atoms with Gasteiger partial charge in [-0.15, -0.1) is 0 Å². The predicted octanol–water partition coefficient (Wildman–Crippen LogP) is 2.82. The van der Waals surface area contributed by atoms with Crippen LogP contribution in [-0.2, 0) is 22.4 Å². The van der Waals surface area contributed by atoms with Gasteiger partial charge in [0, 0.05) is 26.2 Å². The van der Waals surface area contributed by atoms with Gasteiger partial charge in [0.25, 0.3) is 0 Å². The van der Waals surface area contributed by atoms with Crippen molar-refractivity contribution in [3.63, 3.8) is 0 Å². The summed E-state index contributed by atoms with van der Waals surface area (Å²) < 4.78 is 5.56. The van der Waals surface area contributed by atoms with Crippen LogP contribution in [0.5, 0.6) is 0 Å². The molecule has 2 saturated heterocycles. The number of aromatic nitrogens is 1. The van der Waals surface area contributed by atoms with Crippen LogP contribution >= 0.6 is 11.8 Å². The van der Waals surface area contributed by atoms with Crippen molar-refractivity contribution >= 4 is 23.5 Å². The number of fused-ring (bicyclic) bond motifs is 1. The molecule has 1 atom stereocenters. The second-order valence-corrected chi connectivity index (χ2v) is 8.78. The Bertz CT molecular complexity index is 765. The van der Waals surface area contributed by atoms with Gasteiger partial charge in [0.05, 0.1) is 17.4 Å². The van der Waals surface area contributed by atoms with Crippen LogP contribution in [0.15, 0.2) is 5.03 Å². The van der Waals surface area contributed by atoms with E-state index in [4.69, 9.17) is 9.72 Å². The Morgan fingerprint density at radius 3 is 2.71 bits per heavy atom. The summed E-state index contributed by atoms with van der Waals surface area (Å²) in [7, 11) is 0. The molecule has 1 amide bonds. The van der Waals surface area contributed by atoms with Crippen LogP contribution < -0.4 is 10.2 Å². The molecule has 0 bridgehead atoms. The van der Waals surface area contributed by atoms with Crippen molar-refractivity contribution < 1.29 is 9.53 Å². The number of carbonyl (C=O) groups is 1. The van der Waals surface area contributed by atoms with Crippen molar-refractivity contribution in [2.24, 2.45) is 0 Å². The summed E-state index contributed by atoms with van der Waals surface area (Å²) in [6.45, 7) is 3.44. The summed E-state index contributed by atoms with van der Waals surface area (Å²) in [5, 5.41) is 13.5. The molecule has 6 nitrogen and oxygen atoms in total. The SMILES string of the molecule is N#Cc1c(SCC(=O)NC[C@H]2CCCO2)nc(N2CCCC2)c2c1CCCC2. The monoisotopic (exact) mass is 400 g/mol. The normalized spacial score (nSPS) is 21.4. The number of ether oxygens (including phenoxy) is 1.